The van der Waals surface area contributed by atoms with Crippen LogP contribution in [0.2, 0.25) is 0 Å². The quantitative estimate of drug-likeness (QED) is 0.119. The van der Waals surface area contributed by atoms with Gasteiger partial charge in [0, 0.05) is 30.6 Å². The highest BCUT2D eigenvalue weighted by molar-refractivity contribution is 5.93. The van der Waals surface area contributed by atoms with Crippen LogP contribution in [0.3, 0.4) is 0 Å². The van der Waals surface area contributed by atoms with Gasteiger partial charge in [0.05, 0.1) is 42.1 Å². The molecular weight excluding hydrogens is 677 g/mol. The molecule has 1 aliphatic rings. The zero-order valence-electron chi connectivity index (χ0n) is 30.7. The van der Waals surface area contributed by atoms with Crippen molar-refractivity contribution in [2.24, 2.45) is 5.92 Å². The summed E-state index contributed by atoms with van der Waals surface area (Å²) in [4.78, 5) is 24.0. The van der Waals surface area contributed by atoms with Gasteiger partial charge in [0.25, 0.3) is 5.91 Å². The van der Waals surface area contributed by atoms with Gasteiger partial charge in [-0.25, -0.2) is 4.98 Å². The fourth-order valence-electron chi connectivity index (χ4n) is 7.01. The molecule has 6 aromatic rings. The van der Waals surface area contributed by atoms with Crippen LogP contribution in [-0.2, 0) is 22.6 Å². The number of likely N-dealkylation sites (N-methyl/N-ethyl adjacent to an activating group) is 1. The van der Waals surface area contributed by atoms with Crippen molar-refractivity contribution in [3.8, 4) is 11.1 Å². The summed E-state index contributed by atoms with van der Waals surface area (Å²) >= 11 is 0. The van der Waals surface area contributed by atoms with Crippen LogP contribution >= 0.6 is 0 Å². The maximum Gasteiger partial charge on any atom is 0.271 e. The molecule has 0 radical (unpaired) electrons. The number of nitrogens with zero attached hydrogens (tertiary/aromatic N) is 3. The lowest BCUT2D eigenvalue weighted by atomic mass is 9.89. The third-order valence-corrected chi connectivity index (χ3v) is 10.4. The summed E-state index contributed by atoms with van der Waals surface area (Å²) in [6.45, 7) is 5.06. The van der Waals surface area contributed by atoms with Gasteiger partial charge >= 0.3 is 0 Å². The molecule has 54 heavy (non-hydrogen) atoms. The number of hydrogen-bond acceptors (Lipinski definition) is 8. The van der Waals surface area contributed by atoms with Crippen molar-refractivity contribution in [1.29, 1.82) is 0 Å². The summed E-state index contributed by atoms with van der Waals surface area (Å²) in [5.41, 5.74) is 8.23. The van der Waals surface area contributed by atoms with Gasteiger partial charge in [-0.2, -0.15) is 0 Å². The predicted octanol–water partition coefficient (Wildman–Crippen LogP) is 7.56. The van der Waals surface area contributed by atoms with E-state index in [1.54, 1.807) is 0 Å². The first-order valence-corrected chi connectivity index (χ1v) is 18.4. The molecule has 0 unspecified atom stereocenters. The first kappa shape index (κ1) is 37.0. The van der Waals surface area contributed by atoms with Gasteiger partial charge < -0.3 is 25.0 Å². The minimum Gasteiger partial charge on any atom is -0.392 e. The summed E-state index contributed by atoms with van der Waals surface area (Å²) in [6, 6.07) is 41.2. The van der Waals surface area contributed by atoms with E-state index < -0.39 is 12.4 Å². The molecule has 0 bridgehead atoms. The highest BCUT2D eigenvalue weighted by Gasteiger charge is 2.39. The van der Waals surface area contributed by atoms with Crippen LogP contribution in [0.15, 0.2) is 134 Å². The van der Waals surface area contributed by atoms with Gasteiger partial charge in [-0.15, -0.1) is 0 Å². The molecule has 0 aliphatic carbocycles. The van der Waals surface area contributed by atoms with Crippen molar-refractivity contribution in [3.63, 3.8) is 0 Å². The monoisotopic (exact) mass is 722 g/mol. The zero-order chi connectivity index (χ0) is 37.6. The Morgan fingerprint density at radius 3 is 2.28 bits per heavy atom. The number of aliphatic hydroxyl groups is 2. The number of aliphatic hydroxyl groups excluding tert-OH is 2. The predicted molar refractivity (Wildman–Crippen MR) is 209 cm³/mol. The van der Waals surface area contributed by atoms with Crippen LogP contribution in [0.5, 0.6) is 0 Å². The van der Waals surface area contributed by atoms with E-state index in [-0.39, 0.29) is 42.4 Å². The molecule has 1 fully saturated rings. The second kappa shape index (κ2) is 16.8. The third kappa shape index (κ3) is 8.41. The molecule has 2 heterocycles. The van der Waals surface area contributed by atoms with E-state index in [1.165, 1.54) is 6.20 Å². The molecule has 5 aromatic carbocycles. The Morgan fingerprint density at radius 2 is 1.52 bits per heavy atom. The molecule has 1 amide bonds. The Morgan fingerprint density at radius 1 is 0.815 bits per heavy atom. The molecule has 276 valence electrons. The van der Waals surface area contributed by atoms with E-state index >= 15 is 0 Å². The number of nitrogens with one attached hydrogen (secondary N) is 1. The lowest BCUT2D eigenvalue weighted by molar-refractivity contribution is -0.276. The fourth-order valence-corrected chi connectivity index (χ4v) is 7.01. The fraction of sp³-hybridized carbons (Fsp3) is 0.267. The minimum atomic E-state index is -0.655. The van der Waals surface area contributed by atoms with Gasteiger partial charge in [0.1, 0.15) is 5.69 Å². The molecule has 9 heteroatoms. The summed E-state index contributed by atoms with van der Waals surface area (Å²) in [5.74, 6) is -0.299. The Bertz CT molecular complexity index is 2180. The molecule has 6 atom stereocenters. The first-order valence-electron chi connectivity index (χ1n) is 18.4. The van der Waals surface area contributed by atoms with Crippen molar-refractivity contribution in [2.75, 3.05) is 13.6 Å². The SMILES string of the molecule is C[C@H]1[C@@H](CN(C)[C@@H](C)[C@H](O)c2ccccc2)O[C@@H](c2cccc(-c3cccc(CNC(=O)c4cnc5ccccc5n4)c3)c2)O[C@H]1c1ccc(CO)cc1. The van der Waals surface area contributed by atoms with E-state index in [4.69, 9.17) is 9.47 Å². The number of carbonyl (C=O) groups excluding carboxylic acids is 1. The molecular formula is C45H46N4O5. The zero-order valence-corrected chi connectivity index (χ0v) is 30.7. The van der Waals surface area contributed by atoms with Crippen molar-refractivity contribution >= 4 is 16.9 Å². The standard InChI is InChI=1S/C45H46N4O5/c1-29-41(27-49(3)30(2)42(51)33-12-5-4-6-13-33)53-45(54-43(29)34-21-19-31(28-50)20-22-34)37-16-10-15-36(24-37)35-14-9-11-32(23-35)25-47-44(52)40-26-46-38-17-7-8-18-39(38)48-40/h4-24,26,29-30,41-43,45,50-51H,25,27-28H2,1-3H3,(H,47,52)/t29-,30-,41+,42-,43+,45+/m0/s1. The Kier molecular flexibility index (Phi) is 11.5. The maximum atomic E-state index is 13.0. The van der Waals surface area contributed by atoms with Crippen LogP contribution in [-0.4, -0.2) is 56.7 Å². The first-order chi connectivity index (χ1) is 26.3. The number of ether oxygens (including phenoxy) is 2. The summed E-state index contributed by atoms with van der Waals surface area (Å²) < 4.78 is 13.6. The van der Waals surface area contributed by atoms with Gasteiger partial charge in [-0.3, -0.25) is 14.7 Å². The molecule has 0 saturated carbocycles. The summed E-state index contributed by atoms with van der Waals surface area (Å²) in [7, 11) is 2.02. The number of para-hydroxylation sites is 2. The second-order valence-electron chi connectivity index (χ2n) is 14.1. The topological polar surface area (TPSA) is 117 Å². The van der Waals surface area contributed by atoms with E-state index in [9.17, 15) is 15.0 Å². The highest BCUT2D eigenvalue weighted by atomic mass is 16.7. The minimum absolute atomic E-state index is 0.0135. The molecule has 1 aromatic heterocycles. The smallest absolute Gasteiger partial charge is 0.271 e. The van der Waals surface area contributed by atoms with Crippen LogP contribution in [0, 0.1) is 5.92 Å². The average molecular weight is 723 g/mol. The van der Waals surface area contributed by atoms with E-state index in [0.29, 0.717) is 18.6 Å². The van der Waals surface area contributed by atoms with Gasteiger partial charge in [0.15, 0.2) is 6.29 Å². The lowest BCUT2D eigenvalue weighted by Crippen LogP contribution is -2.46. The van der Waals surface area contributed by atoms with Crippen molar-refractivity contribution in [1.82, 2.24) is 20.2 Å². The van der Waals surface area contributed by atoms with Crippen LogP contribution < -0.4 is 5.32 Å². The lowest BCUT2D eigenvalue weighted by Gasteiger charge is -2.43. The molecule has 7 rings (SSSR count). The number of hydrogen-bond donors (Lipinski definition) is 3. The summed E-state index contributed by atoms with van der Waals surface area (Å²) in [5, 5.41) is 23.9. The summed E-state index contributed by atoms with van der Waals surface area (Å²) in [6.07, 6.45) is -0.294. The van der Waals surface area contributed by atoms with Gasteiger partial charge in [-0.1, -0.05) is 110 Å². The molecule has 1 saturated heterocycles. The van der Waals surface area contributed by atoms with Crippen LogP contribution in [0.25, 0.3) is 22.2 Å². The second-order valence-corrected chi connectivity index (χ2v) is 14.1. The van der Waals surface area contributed by atoms with E-state index in [0.717, 1.165) is 44.5 Å². The number of rotatable bonds is 12. The number of aromatic nitrogens is 2. The van der Waals surface area contributed by atoms with Crippen molar-refractivity contribution < 1.29 is 24.5 Å². The number of fused-ring (bicyclic) bond motifs is 1. The Hall–Kier alpha value is -5.29. The normalized spacial score (nSPS) is 19.7. The van der Waals surface area contributed by atoms with E-state index in [1.807, 2.05) is 123 Å². The molecule has 0 spiro atoms. The largest absolute Gasteiger partial charge is 0.392 e. The van der Waals surface area contributed by atoms with Crippen LogP contribution in [0.4, 0.5) is 0 Å². The van der Waals surface area contributed by atoms with Crippen LogP contribution in [0.1, 0.15) is 70.7 Å². The van der Waals surface area contributed by atoms with Gasteiger partial charge in [0.2, 0.25) is 0 Å². The number of benzene rings is 5. The Balaban J connectivity index is 1.09. The molecule has 9 nitrogen and oxygen atoms in total. The number of amides is 1. The van der Waals surface area contributed by atoms with Gasteiger partial charge in [-0.05, 0) is 71.6 Å². The van der Waals surface area contributed by atoms with Crippen molar-refractivity contribution in [3.05, 3.63) is 167 Å². The number of carbonyl (C=O) groups is 1. The average Bonchev–Trinajstić information content (AvgIpc) is 3.23. The van der Waals surface area contributed by atoms with E-state index in [2.05, 4.69) is 45.3 Å². The Labute approximate surface area is 316 Å². The molecule has 3 N–H and O–H groups in total. The highest BCUT2D eigenvalue weighted by Crippen LogP contribution is 2.42. The molecule has 1 aliphatic heterocycles. The van der Waals surface area contributed by atoms with Crippen molar-refractivity contribution in [2.45, 2.75) is 57.6 Å². The maximum absolute atomic E-state index is 13.0. The third-order valence-electron chi connectivity index (χ3n) is 10.4.